The van der Waals surface area contributed by atoms with Gasteiger partial charge in [-0.05, 0) is 19.1 Å². The van der Waals surface area contributed by atoms with Gasteiger partial charge in [0.05, 0.1) is 18.7 Å². The van der Waals surface area contributed by atoms with E-state index in [1.54, 1.807) is 6.92 Å². The summed E-state index contributed by atoms with van der Waals surface area (Å²) in [5.41, 5.74) is 5.30. The van der Waals surface area contributed by atoms with Gasteiger partial charge in [-0.3, -0.25) is 4.79 Å². The number of alkyl halides is 2. The summed E-state index contributed by atoms with van der Waals surface area (Å²) in [6.45, 7) is 1.90. The minimum atomic E-state index is -2.63. The molecule has 0 unspecified atom stereocenters. The molecule has 16 heavy (non-hydrogen) atoms. The first kappa shape index (κ1) is 12.4. The molecule has 0 radical (unpaired) electrons. The van der Waals surface area contributed by atoms with Crippen molar-refractivity contribution in [1.82, 2.24) is 4.98 Å². The average Bonchev–Trinajstić information content (AvgIpc) is 2.16. The second-order valence-electron chi connectivity index (χ2n) is 3.10. The van der Waals surface area contributed by atoms with Gasteiger partial charge in [0.25, 0.3) is 6.43 Å². The number of hydrogen-bond donors (Lipinski definition) is 1. The summed E-state index contributed by atoms with van der Waals surface area (Å²) in [5.74, 6) is -0.544. The number of ether oxygens (including phenoxy) is 1. The molecule has 0 spiro atoms. The molecule has 0 saturated carbocycles. The second-order valence-corrected chi connectivity index (χ2v) is 3.10. The van der Waals surface area contributed by atoms with Crippen molar-refractivity contribution in [2.24, 2.45) is 0 Å². The number of carbonyl (C=O) groups excluding carboxylic acids is 1. The highest BCUT2D eigenvalue weighted by Crippen LogP contribution is 2.21. The van der Waals surface area contributed by atoms with Crippen LogP contribution in [0.15, 0.2) is 12.1 Å². The van der Waals surface area contributed by atoms with E-state index in [9.17, 15) is 13.6 Å². The van der Waals surface area contributed by atoms with E-state index in [0.29, 0.717) is 0 Å². The Morgan fingerprint density at radius 1 is 1.56 bits per heavy atom. The highest BCUT2D eigenvalue weighted by atomic mass is 19.3. The van der Waals surface area contributed by atoms with Gasteiger partial charge in [0.1, 0.15) is 5.82 Å². The summed E-state index contributed by atoms with van der Waals surface area (Å²) in [7, 11) is 0. The SMILES string of the molecule is CCOC(=O)Cc1cc(C(F)F)cc(N)n1. The van der Waals surface area contributed by atoms with Gasteiger partial charge in [-0.1, -0.05) is 0 Å². The van der Waals surface area contributed by atoms with Crippen LogP contribution in [0.3, 0.4) is 0 Å². The molecule has 1 heterocycles. The lowest BCUT2D eigenvalue weighted by molar-refractivity contribution is -0.142. The van der Waals surface area contributed by atoms with Crippen molar-refractivity contribution in [2.75, 3.05) is 12.3 Å². The Bertz CT molecular complexity index is 383. The van der Waals surface area contributed by atoms with E-state index in [0.717, 1.165) is 12.1 Å². The van der Waals surface area contributed by atoms with Crippen molar-refractivity contribution >= 4 is 11.8 Å². The van der Waals surface area contributed by atoms with Gasteiger partial charge in [-0.15, -0.1) is 0 Å². The van der Waals surface area contributed by atoms with Crippen LogP contribution in [0.5, 0.6) is 0 Å². The number of pyridine rings is 1. The molecule has 0 saturated heterocycles. The summed E-state index contributed by atoms with van der Waals surface area (Å²) in [5, 5.41) is 0. The van der Waals surface area contributed by atoms with Crippen LogP contribution in [-0.2, 0) is 16.0 Å². The Labute approximate surface area is 91.4 Å². The molecular formula is C10H12F2N2O2. The number of nitrogen functional groups attached to an aromatic ring is 1. The zero-order chi connectivity index (χ0) is 12.1. The lowest BCUT2D eigenvalue weighted by atomic mass is 10.2. The van der Waals surface area contributed by atoms with Crippen LogP contribution in [-0.4, -0.2) is 17.6 Å². The third-order valence-corrected chi connectivity index (χ3v) is 1.80. The van der Waals surface area contributed by atoms with Crippen LogP contribution >= 0.6 is 0 Å². The molecule has 0 aromatic carbocycles. The molecule has 0 amide bonds. The minimum Gasteiger partial charge on any atom is -0.466 e. The van der Waals surface area contributed by atoms with Gasteiger partial charge in [-0.2, -0.15) is 0 Å². The Balaban J connectivity index is 2.84. The molecule has 0 aliphatic heterocycles. The van der Waals surface area contributed by atoms with Gasteiger partial charge in [0.2, 0.25) is 0 Å². The predicted molar refractivity (Wildman–Crippen MR) is 53.9 cm³/mol. The zero-order valence-electron chi connectivity index (χ0n) is 8.74. The quantitative estimate of drug-likeness (QED) is 0.799. The highest BCUT2D eigenvalue weighted by Gasteiger charge is 2.12. The van der Waals surface area contributed by atoms with Crippen LogP contribution in [0.1, 0.15) is 24.6 Å². The topological polar surface area (TPSA) is 65.2 Å². The minimum absolute atomic E-state index is 0.0305. The predicted octanol–water partition coefficient (Wildman–Crippen LogP) is 1.71. The number of nitrogens with two attached hydrogens (primary N) is 1. The number of anilines is 1. The fraction of sp³-hybridized carbons (Fsp3) is 0.400. The van der Waals surface area contributed by atoms with Crippen molar-refractivity contribution in [3.8, 4) is 0 Å². The number of halogens is 2. The molecule has 0 atom stereocenters. The van der Waals surface area contributed by atoms with E-state index in [1.807, 2.05) is 0 Å². The average molecular weight is 230 g/mol. The fourth-order valence-corrected chi connectivity index (χ4v) is 1.21. The summed E-state index contributed by atoms with van der Waals surface area (Å²) >= 11 is 0. The largest absolute Gasteiger partial charge is 0.466 e. The molecule has 4 nitrogen and oxygen atoms in total. The molecule has 1 rings (SSSR count). The molecule has 6 heteroatoms. The normalized spacial score (nSPS) is 10.5. The van der Waals surface area contributed by atoms with Crippen LogP contribution < -0.4 is 5.73 Å². The lowest BCUT2D eigenvalue weighted by Crippen LogP contribution is -2.10. The third-order valence-electron chi connectivity index (χ3n) is 1.80. The Morgan fingerprint density at radius 2 is 2.25 bits per heavy atom. The smallest absolute Gasteiger partial charge is 0.311 e. The van der Waals surface area contributed by atoms with E-state index in [4.69, 9.17) is 5.73 Å². The maximum atomic E-state index is 12.4. The van der Waals surface area contributed by atoms with Gasteiger partial charge < -0.3 is 10.5 Å². The lowest BCUT2D eigenvalue weighted by Gasteiger charge is -2.05. The Hall–Kier alpha value is -1.72. The first-order valence-electron chi connectivity index (χ1n) is 4.73. The molecular weight excluding hydrogens is 218 g/mol. The van der Waals surface area contributed by atoms with E-state index in [1.165, 1.54) is 0 Å². The third kappa shape index (κ3) is 3.45. The standard InChI is InChI=1S/C10H12F2N2O2/c1-2-16-9(15)5-7-3-6(10(11)12)4-8(13)14-7/h3-4,10H,2,5H2,1H3,(H2,13,14). The monoisotopic (exact) mass is 230 g/mol. The molecule has 0 fully saturated rings. The number of carbonyl (C=O) groups is 1. The van der Waals surface area contributed by atoms with Crippen LogP contribution in [0, 0.1) is 0 Å². The molecule has 1 aromatic heterocycles. The van der Waals surface area contributed by atoms with Gasteiger partial charge in [-0.25, -0.2) is 13.8 Å². The molecule has 0 bridgehead atoms. The van der Waals surface area contributed by atoms with Gasteiger partial charge in [0, 0.05) is 5.56 Å². The fourth-order valence-electron chi connectivity index (χ4n) is 1.21. The summed E-state index contributed by atoms with van der Waals surface area (Å²) in [6, 6.07) is 2.23. The summed E-state index contributed by atoms with van der Waals surface area (Å²) in [4.78, 5) is 14.9. The number of esters is 1. The van der Waals surface area contributed by atoms with E-state index in [2.05, 4.69) is 9.72 Å². The molecule has 0 aliphatic carbocycles. The first-order chi connectivity index (χ1) is 7.52. The van der Waals surface area contributed by atoms with Crippen molar-refractivity contribution in [3.63, 3.8) is 0 Å². The first-order valence-corrected chi connectivity index (χ1v) is 4.73. The summed E-state index contributed by atoms with van der Waals surface area (Å²) < 4.78 is 29.5. The van der Waals surface area contributed by atoms with Crippen molar-refractivity contribution in [2.45, 2.75) is 19.8 Å². The second kappa shape index (κ2) is 5.39. The number of rotatable bonds is 4. The maximum Gasteiger partial charge on any atom is 0.311 e. The number of aromatic nitrogens is 1. The Kier molecular flexibility index (Phi) is 4.16. The number of hydrogen-bond acceptors (Lipinski definition) is 4. The van der Waals surface area contributed by atoms with Crippen molar-refractivity contribution in [1.29, 1.82) is 0 Å². The zero-order valence-corrected chi connectivity index (χ0v) is 8.74. The van der Waals surface area contributed by atoms with Crippen LogP contribution in [0.2, 0.25) is 0 Å². The Morgan fingerprint density at radius 3 is 2.81 bits per heavy atom. The van der Waals surface area contributed by atoms with E-state index in [-0.39, 0.29) is 30.1 Å². The summed E-state index contributed by atoms with van der Waals surface area (Å²) in [6.07, 6.45) is -2.79. The van der Waals surface area contributed by atoms with Gasteiger partial charge in [0.15, 0.2) is 0 Å². The molecule has 2 N–H and O–H groups in total. The molecule has 88 valence electrons. The van der Waals surface area contributed by atoms with Crippen molar-refractivity contribution in [3.05, 3.63) is 23.4 Å². The molecule has 1 aromatic rings. The van der Waals surface area contributed by atoms with Crippen LogP contribution in [0.4, 0.5) is 14.6 Å². The van der Waals surface area contributed by atoms with E-state index < -0.39 is 12.4 Å². The van der Waals surface area contributed by atoms with E-state index >= 15 is 0 Å². The van der Waals surface area contributed by atoms with Crippen LogP contribution in [0.25, 0.3) is 0 Å². The highest BCUT2D eigenvalue weighted by molar-refractivity contribution is 5.72. The van der Waals surface area contributed by atoms with Gasteiger partial charge >= 0.3 is 5.97 Å². The van der Waals surface area contributed by atoms with Crippen molar-refractivity contribution < 1.29 is 18.3 Å². The molecule has 0 aliphatic rings. The maximum absolute atomic E-state index is 12.4. The number of nitrogens with zero attached hydrogens (tertiary/aromatic N) is 1.